The van der Waals surface area contributed by atoms with Gasteiger partial charge in [-0.15, -0.1) is 12.3 Å². The summed E-state index contributed by atoms with van der Waals surface area (Å²) in [6, 6.07) is 20.4. The van der Waals surface area contributed by atoms with Crippen LogP contribution >= 0.6 is 0 Å². The molecule has 0 fully saturated rings. The number of terminal acetylenes is 1. The van der Waals surface area contributed by atoms with Crippen LogP contribution < -0.4 is 4.74 Å². The highest BCUT2D eigenvalue weighted by Gasteiger charge is 2.16. The summed E-state index contributed by atoms with van der Waals surface area (Å²) < 4.78 is 7.79. The molecule has 3 aromatic rings. The quantitative estimate of drug-likeness (QED) is 0.305. The maximum absolute atomic E-state index is 10.7. The molecule has 1 heterocycles. The van der Waals surface area contributed by atoms with Gasteiger partial charge in [0.25, 0.3) is 0 Å². The van der Waals surface area contributed by atoms with E-state index >= 15 is 0 Å². The number of allylic oxidation sites excluding steroid dienone is 4. The van der Waals surface area contributed by atoms with Gasteiger partial charge in [0, 0.05) is 16.9 Å². The lowest BCUT2D eigenvalue weighted by atomic mass is 10.1. The van der Waals surface area contributed by atoms with Crippen molar-refractivity contribution in [2.75, 3.05) is 6.61 Å². The normalized spacial score (nSPS) is 10.9. The van der Waals surface area contributed by atoms with Crippen LogP contribution in [0.5, 0.6) is 5.75 Å². The topological polar surface area (TPSA) is 51.5 Å². The minimum absolute atomic E-state index is 0.0168. The van der Waals surface area contributed by atoms with Crippen molar-refractivity contribution in [2.45, 2.75) is 34.1 Å². The number of benzene rings is 2. The highest BCUT2D eigenvalue weighted by atomic mass is 16.5. The summed E-state index contributed by atoms with van der Waals surface area (Å²) in [6.45, 7) is 8.01. The Morgan fingerprint density at radius 3 is 2.30 bits per heavy atom. The standard InChI is InChI=1S/C26H27NO3.C3H4/c1-4-9-20(5-2)25-18-24(21-10-7-6-8-11-21)19(3)27(25)22-12-14-23(15-13-22)30-17-16-26(28)29;1-3-2/h4-15,18H,16-17H2,1-3H3,(H,28,29);1H,2H3/b9-4-,20-5+;. The van der Waals surface area contributed by atoms with Gasteiger partial charge in [-0.2, -0.15) is 0 Å². The van der Waals surface area contributed by atoms with Crippen molar-refractivity contribution < 1.29 is 14.6 Å². The Morgan fingerprint density at radius 2 is 1.76 bits per heavy atom. The number of carboxylic acids is 1. The van der Waals surface area contributed by atoms with Crippen molar-refractivity contribution in [3.05, 3.63) is 90.3 Å². The fourth-order valence-electron chi connectivity index (χ4n) is 3.52. The molecule has 1 N–H and O–H groups in total. The SMILES string of the molecule is C#CC.C/C=C\C(=C/C)c1cc(-c2ccccc2)c(C)n1-c1ccc(OCCC(=O)O)cc1. The number of hydrogen-bond acceptors (Lipinski definition) is 2. The van der Waals surface area contributed by atoms with Crippen LogP contribution in [0.1, 0.15) is 38.6 Å². The molecule has 1 aromatic heterocycles. The van der Waals surface area contributed by atoms with Gasteiger partial charge in [-0.25, -0.2) is 0 Å². The van der Waals surface area contributed by atoms with Gasteiger partial charge in [-0.1, -0.05) is 48.6 Å². The van der Waals surface area contributed by atoms with Crippen LogP contribution in [0.25, 0.3) is 22.4 Å². The molecule has 4 heteroatoms. The molecule has 0 bridgehead atoms. The van der Waals surface area contributed by atoms with Gasteiger partial charge in [0.1, 0.15) is 5.75 Å². The van der Waals surface area contributed by atoms with Crippen LogP contribution in [0, 0.1) is 19.3 Å². The second-order valence-electron chi connectivity index (χ2n) is 7.25. The molecule has 0 saturated heterocycles. The first-order valence-electron chi connectivity index (χ1n) is 10.9. The Labute approximate surface area is 196 Å². The highest BCUT2D eigenvalue weighted by Crippen LogP contribution is 2.33. The van der Waals surface area contributed by atoms with Gasteiger partial charge < -0.3 is 14.4 Å². The zero-order valence-corrected chi connectivity index (χ0v) is 19.7. The lowest BCUT2D eigenvalue weighted by Crippen LogP contribution is -2.05. The molecule has 33 heavy (non-hydrogen) atoms. The highest BCUT2D eigenvalue weighted by molar-refractivity contribution is 5.80. The predicted octanol–water partition coefficient (Wildman–Crippen LogP) is 6.93. The lowest BCUT2D eigenvalue weighted by molar-refractivity contribution is -0.137. The summed E-state index contributed by atoms with van der Waals surface area (Å²) in [5.74, 6) is 2.05. The summed E-state index contributed by atoms with van der Waals surface area (Å²) in [4.78, 5) is 10.7. The number of aromatic nitrogens is 1. The molecule has 0 saturated carbocycles. The first kappa shape index (κ1) is 25.3. The third-order valence-electron chi connectivity index (χ3n) is 4.96. The summed E-state index contributed by atoms with van der Waals surface area (Å²) >= 11 is 0. The zero-order chi connectivity index (χ0) is 24.2. The van der Waals surface area contributed by atoms with Gasteiger partial charge in [-0.3, -0.25) is 4.79 Å². The van der Waals surface area contributed by atoms with Crippen LogP contribution in [0.4, 0.5) is 0 Å². The summed E-state index contributed by atoms with van der Waals surface area (Å²) in [5.41, 5.74) is 6.81. The number of nitrogens with zero attached hydrogens (tertiary/aromatic N) is 1. The van der Waals surface area contributed by atoms with Gasteiger partial charge in [0.15, 0.2) is 0 Å². The third-order valence-corrected chi connectivity index (χ3v) is 4.96. The molecule has 4 nitrogen and oxygen atoms in total. The van der Waals surface area contributed by atoms with Gasteiger partial charge in [-0.05, 0) is 69.2 Å². The number of rotatable bonds is 8. The zero-order valence-electron chi connectivity index (χ0n) is 19.7. The molecule has 3 rings (SSSR count). The monoisotopic (exact) mass is 441 g/mol. The predicted molar refractivity (Wildman–Crippen MR) is 137 cm³/mol. The lowest BCUT2D eigenvalue weighted by Gasteiger charge is -2.14. The van der Waals surface area contributed by atoms with E-state index in [-0.39, 0.29) is 13.0 Å². The molecule has 2 aromatic carbocycles. The minimum atomic E-state index is -0.865. The average Bonchev–Trinajstić information content (AvgIpc) is 3.15. The second-order valence-corrected chi connectivity index (χ2v) is 7.25. The van der Waals surface area contributed by atoms with Crippen LogP contribution in [0.2, 0.25) is 0 Å². The average molecular weight is 442 g/mol. The van der Waals surface area contributed by atoms with E-state index in [2.05, 4.69) is 66.3 Å². The summed E-state index contributed by atoms with van der Waals surface area (Å²) in [6.07, 6.45) is 10.9. The van der Waals surface area contributed by atoms with Gasteiger partial charge in [0.05, 0.1) is 18.7 Å². The van der Waals surface area contributed by atoms with Crippen molar-refractivity contribution in [3.8, 4) is 34.9 Å². The molecule has 0 unspecified atom stereocenters. The van der Waals surface area contributed by atoms with Crippen molar-refractivity contribution in [1.29, 1.82) is 0 Å². The number of aliphatic carboxylic acids is 1. The smallest absolute Gasteiger partial charge is 0.306 e. The van der Waals surface area contributed by atoms with Gasteiger partial charge >= 0.3 is 5.97 Å². The first-order valence-corrected chi connectivity index (χ1v) is 10.9. The maximum atomic E-state index is 10.7. The van der Waals surface area contributed by atoms with E-state index in [0.29, 0.717) is 5.75 Å². The van der Waals surface area contributed by atoms with Crippen LogP contribution in [-0.2, 0) is 4.79 Å². The molecule has 0 aliphatic carbocycles. The number of ether oxygens (including phenoxy) is 1. The molecule has 0 spiro atoms. The van der Waals surface area contributed by atoms with E-state index < -0.39 is 5.97 Å². The molecule has 170 valence electrons. The van der Waals surface area contributed by atoms with Crippen molar-refractivity contribution in [3.63, 3.8) is 0 Å². The number of carbonyl (C=O) groups is 1. The molecule has 0 aliphatic heterocycles. The molecular formula is C29H31NO3. The van der Waals surface area contributed by atoms with E-state index in [0.717, 1.165) is 22.6 Å². The molecular weight excluding hydrogens is 410 g/mol. The fraction of sp³-hybridized carbons (Fsp3) is 0.207. The van der Waals surface area contributed by atoms with Gasteiger partial charge in [0.2, 0.25) is 0 Å². The van der Waals surface area contributed by atoms with Crippen molar-refractivity contribution in [2.24, 2.45) is 0 Å². The number of hydrogen-bond donors (Lipinski definition) is 1. The van der Waals surface area contributed by atoms with E-state index in [9.17, 15) is 4.79 Å². The molecule has 0 amide bonds. The van der Waals surface area contributed by atoms with E-state index in [1.54, 1.807) is 6.92 Å². The molecule has 0 radical (unpaired) electrons. The second kappa shape index (κ2) is 12.8. The largest absolute Gasteiger partial charge is 0.493 e. The maximum Gasteiger partial charge on any atom is 0.306 e. The summed E-state index contributed by atoms with van der Waals surface area (Å²) in [5, 5.41) is 8.77. The van der Waals surface area contributed by atoms with Crippen molar-refractivity contribution in [1.82, 2.24) is 4.57 Å². The van der Waals surface area contributed by atoms with Crippen LogP contribution in [0.15, 0.2) is 78.9 Å². The Kier molecular flexibility index (Phi) is 9.80. The molecule has 0 atom stereocenters. The minimum Gasteiger partial charge on any atom is -0.493 e. The Balaban J connectivity index is 0.00000122. The van der Waals surface area contributed by atoms with Crippen LogP contribution in [-0.4, -0.2) is 22.2 Å². The van der Waals surface area contributed by atoms with E-state index in [4.69, 9.17) is 9.84 Å². The molecule has 0 aliphatic rings. The van der Waals surface area contributed by atoms with E-state index in [1.165, 1.54) is 11.1 Å². The third kappa shape index (κ3) is 6.75. The van der Waals surface area contributed by atoms with Crippen LogP contribution in [0.3, 0.4) is 0 Å². The summed E-state index contributed by atoms with van der Waals surface area (Å²) in [7, 11) is 0. The Morgan fingerprint density at radius 1 is 1.12 bits per heavy atom. The first-order chi connectivity index (χ1) is 16.0. The number of carboxylic acid groups (broad SMARTS) is 1. The Hall–Kier alpha value is -3.97. The fourth-order valence-corrected chi connectivity index (χ4v) is 3.52. The van der Waals surface area contributed by atoms with E-state index in [1.807, 2.05) is 50.3 Å². The Bertz CT molecular complexity index is 1140. The van der Waals surface area contributed by atoms with Crippen molar-refractivity contribution >= 4 is 11.5 Å².